The number of thioether (sulfide) groups is 1. The minimum atomic E-state index is -0.997. The Morgan fingerprint density at radius 3 is 3.08 bits per heavy atom. The monoisotopic (exact) mass is 199 g/mol. The molecule has 0 spiro atoms. The van der Waals surface area contributed by atoms with Crippen LogP contribution in [0.4, 0.5) is 4.79 Å². The second-order valence-corrected chi connectivity index (χ2v) is 3.70. The number of carbonyl (C=O) groups excluding carboxylic acids is 1. The van der Waals surface area contributed by atoms with Crippen LogP contribution in [-0.4, -0.2) is 22.9 Å². The van der Waals surface area contributed by atoms with E-state index in [1.165, 1.54) is 0 Å². The van der Waals surface area contributed by atoms with Gasteiger partial charge in [0.15, 0.2) is 0 Å². The van der Waals surface area contributed by atoms with Crippen molar-refractivity contribution in [3.05, 3.63) is 0 Å². The van der Waals surface area contributed by atoms with Crippen molar-refractivity contribution in [1.82, 2.24) is 0 Å². The molecule has 1 aliphatic heterocycles. The highest BCUT2D eigenvalue weighted by Gasteiger charge is 2.35. The number of amides is 1. The topological polar surface area (TPSA) is 47.9 Å². The second-order valence-electron chi connectivity index (χ2n) is 2.37. The fraction of sp³-hybridized carbons (Fsp3) is 0.500. The van der Waals surface area contributed by atoms with E-state index < -0.39 is 11.0 Å². The second kappa shape index (κ2) is 3.71. The third-order valence-corrected chi connectivity index (χ3v) is 2.25. The third-order valence-electron chi connectivity index (χ3n) is 1.28. The van der Waals surface area contributed by atoms with E-state index in [4.69, 9.17) is 15.9 Å². The number of cyclic esters (lactones) is 1. The quantitative estimate of drug-likeness (QED) is 0.602. The molecule has 1 amide bonds. The summed E-state index contributed by atoms with van der Waals surface area (Å²) in [6, 6.07) is 0. The van der Waals surface area contributed by atoms with Gasteiger partial charge in [0.2, 0.25) is 4.93 Å². The van der Waals surface area contributed by atoms with Crippen molar-refractivity contribution in [2.75, 3.05) is 6.61 Å². The Morgan fingerprint density at radius 2 is 2.54 bits per heavy atom. The molecule has 70 valence electrons. The summed E-state index contributed by atoms with van der Waals surface area (Å²) in [5.74, 6) is 2.36. The molecule has 0 N–H and O–H groups in total. The maximum absolute atomic E-state index is 10.9. The minimum Gasteiger partial charge on any atom is -0.473 e. The highest BCUT2D eigenvalue weighted by molar-refractivity contribution is 8.14. The number of rotatable bonds is 1. The van der Waals surface area contributed by atoms with Crippen LogP contribution < -0.4 is 0 Å². The number of ether oxygens (including phenoxy) is 2. The maximum Gasteiger partial charge on any atom is 0.439 e. The summed E-state index contributed by atoms with van der Waals surface area (Å²) >= 11 is 1.11. The van der Waals surface area contributed by atoms with Crippen LogP contribution in [0.2, 0.25) is 0 Å². The highest BCUT2D eigenvalue weighted by Crippen LogP contribution is 2.31. The first-order chi connectivity index (χ1) is 6.09. The van der Waals surface area contributed by atoms with E-state index in [2.05, 4.69) is 10.9 Å². The molecule has 1 aliphatic rings. The van der Waals surface area contributed by atoms with Crippen LogP contribution in [0.1, 0.15) is 13.8 Å². The first-order valence-electron chi connectivity index (χ1n) is 3.71. The summed E-state index contributed by atoms with van der Waals surface area (Å²) < 4.78 is 9.89. The zero-order chi connectivity index (χ0) is 9.90. The number of hydrogen-bond acceptors (Lipinski definition) is 4. The van der Waals surface area contributed by atoms with Crippen LogP contribution in [0.3, 0.4) is 0 Å². The van der Waals surface area contributed by atoms with E-state index in [9.17, 15) is 4.79 Å². The Hall–Kier alpha value is -1.15. The smallest absolute Gasteiger partial charge is 0.439 e. The van der Waals surface area contributed by atoms with Gasteiger partial charge < -0.3 is 9.47 Å². The Morgan fingerprint density at radius 1 is 1.85 bits per heavy atom. The van der Waals surface area contributed by atoms with Gasteiger partial charge in [-0.2, -0.15) is 0 Å². The van der Waals surface area contributed by atoms with E-state index >= 15 is 0 Å². The molecule has 0 bridgehead atoms. The Bertz CT molecular complexity index is 294. The summed E-state index contributed by atoms with van der Waals surface area (Å²) in [6.07, 6.45) is 4.49. The minimum absolute atomic E-state index is 0.263. The van der Waals surface area contributed by atoms with Gasteiger partial charge in [-0.3, -0.25) is 0 Å². The lowest BCUT2D eigenvalue weighted by Crippen LogP contribution is -2.31. The predicted octanol–water partition coefficient (Wildman–Crippen LogP) is 1.61. The molecule has 0 aromatic carbocycles. The molecule has 1 heterocycles. The molecular weight excluding hydrogens is 190 g/mol. The molecule has 13 heavy (non-hydrogen) atoms. The van der Waals surface area contributed by atoms with E-state index in [1.54, 1.807) is 13.8 Å². The summed E-state index contributed by atoms with van der Waals surface area (Å²) in [5, 5.41) is 0.263. The Labute approximate surface area is 80.7 Å². The van der Waals surface area contributed by atoms with Crippen molar-refractivity contribution >= 4 is 23.1 Å². The highest BCUT2D eigenvalue weighted by atomic mass is 32.2. The molecule has 0 fully saturated rings. The Kier molecular flexibility index (Phi) is 2.83. The van der Waals surface area contributed by atoms with Crippen LogP contribution in [-0.2, 0) is 9.47 Å². The van der Waals surface area contributed by atoms with Crippen molar-refractivity contribution < 1.29 is 14.3 Å². The van der Waals surface area contributed by atoms with Crippen molar-refractivity contribution in [1.29, 1.82) is 0 Å². The molecule has 0 aromatic rings. The maximum atomic E-state index is 10.9. The fourth-order valence-corrected chi connectivity index (χ4v) is 1.52. The van der Waals surface area contributed by atoms with Gasteiger partial charge in [-0.25, -0.2) is 4.79 Å². The largest absolute Gasteiger partial charge is 0.473 e. The van der Waals surface area contributed by atoms with E-state index in [-0.39, 0.29) is 5.23 Å². The number of terminal acetylenes is 1. The van der Waals surface area contributed by atoms with Crippen molar-refractivity contribution in [2.24, 2.45) is 4.99 Å². The van der Waals surface area contributed by atoms with Gasteiger partial charge in [0.1, 0.15) is 0 Å². The van der Waals surface area contributed by atoms with Crippen LogP contribution in [0.15, 0.2) is 4.99 Å². The summed E-state index contributed by atoms with van der Waals surface area (Å²) in [4.78, 5) is 13.4. The van der Waals surface area contributed by atoms with Gasteiger partial charge in [0.25, 0.3) is 5.23 Å². The van der Waals surface area contributed by atoms with Gasteiger partial charge in [0, 0.05) is 0 Å². The number of carbonyl (C=O) groups is 1. The Balaban J connectivity index is 2.80. The first-order valence-corrected chi connectivity index (χ1v) is 4.52. The van der Waals surface area contributed by atoms with E-state index in [0.717, 1.165) is 11.8 Å². The van der Waals surface area contributed by atoms with Gasteiger partial charge in [0.05, 0.1) is 6.61 Å². The van der Waals surface area contributed by atoms with Crippen LogP contribution >= 0.6 is 11.8 Å². The first kappa shape index (κ1) is 9.93. The van der Waals surface area contributed by atoms with Crippen molar-refractivity contribution in [2.45, 2.75) is 18.8 Å². The molecular formula is C8H9NO3S. The van der Waals surface area contributed by atoms with Gasteiger partial charge in [-0.15, -0.1) is 11.4 Å². The molecule has 0 aliphatic carbocycles. The van der Waals surface area contributed by atoms with Gasteiger partial charge >= 0.3 is 6.09 Å². The zero-order valence-corrected chi connectivity index (χ0v) is 8.18. The molecule has 4 nitrogen and oxygen atoms in total. The molecule has 0 saturated carbocycles. The molecule has 5 heteroatoms. The summed E-state index contributed by atoms with van der Waals surface area (Å²) in [7, 11) is 0. The van der Waals surface area contributed by atoms with Crippen molar-refractivity contribution in [3.8, 4) is 12.3 Å². The molecule has 0 saturated heterocycles. The predicted molar refractivity (Wildman–Crippen MR) is 50.4 cm³/mol. The lowest BCUT2D eigenvalue weighted by atomic mass is 10.4. The molecule has 0 radical (unpaired) electrons. The normalized spacial score (nSPS) is 27.2. The molecule has 1 unspecified atom stereocenters. The van der Waals surface area contributed by atoms with Crippen LogP contribution in [0, 0.1) is 12.3 Å². The van der Waals surface area contributed by atoms with Gasteiger partial charge in [-0.05, 0) is 31.5 Å². The summed E-state index contributed by atoms with van der Waals surface area (Å²) in [6.45, 7) is 3.86. The van der Waals surface area contributed by atoms with Crippen LogP contribution in [0.5, 0.6) is 0 Å². The van der Waals surface area contributed by atoms with Gasteiger partial charge in [-0.1, -0.05) is 0 Å². The van der Waals surface area contributed by atoms with E-state index in [0.29, 0.717) is 6.61 Å². The fourth-order valence-electron chi connectivity index (χ4n) is 0.718. The number of aliphatic imine (C=N–C) groups is 1. The average Bonchev–Trinajstić information content (AvgIpc) is 2.03. The van der Waals surface area contributed by atoms with Crippen LogP contribution in [0.25, 0.3) is 0 Å². The molecule has 1 rings (SSSR count). The average molecular weight is 199 g/mol. The lowest BCUT2D eigenvalue weighted by molar-refractivity contribution is 0.123. The molecule has 1 atom stereocenters. The van der Waals surface area contributed by atoms with E-state index in [1.807, 2.05) is 0 Å². The third kappa shape index (κ3) is 2.39. The molecule has 0 aromatic heterocycles. The summed E-state index contributed by atoms with van der Waals surface area (Å²) in [5.41, 5.74) is 0. The standard InChI is InChI=1S/C8H9NO3S/c1-4-8(3)12-6(10)9-7(13-8)11-5-2/h1H,5H2,2-3H3. The zero-order valence-electron chi connectivity index (χ0n) is 7.36. The SMILES string of the molecule is C#CC1(C)OC(=O)N=C(OCC)S1. The van der Waals surface area contributed by atoms with Crippen molar-refractivity contribution in [3.63, 3.8) is 0 Å². The number of nitrogens with zero attached hydrogens (tertiary/aromatic N) is 1. The number of hydrogen-bond donors (Lipinski definition) is 0. The lowest BCUT2D eigenvalue weighted by Gasteiger charge is -2.25.